The summed E-state index contributed by atoms with van der Waals surface area (Å²) in [6.45, 7) is 11.9. The Morgan fingerprint density at radius 1 is 1.11 bits per heavy atom. The van der Waals surface area contributed by atoms with Crippen LogP contribution in [-0.2, 0) is 16.0 Å². The quantitative estimate of drug-likeness (QED) is 0.510. The molecule has 0 aromatic heterocycles. The summed E-state index contributed by atoms with van der Waals surface area (Å²) < 4.78 is 0. The van der Waals surface area contributed by atoms with Crippen LogP contribution in [-0.4, -0.2) is 17.3 Å². The molecular formula is C25H36O3. The number of ketones is 3. The zero-order valence-electron chi connectivity index (χ0n) is 18.5. The van der Waals surface area contributed by atoms with Gasteiger partial charge < -0.3 is 0 Å². The van der Waals surface area contributed by atoms with Crippen LogP contribution in [0.1, 0.15) is 91.9 Å². The van der Waals surface area contributed by atoms with E-state index in [4.69, 9.17) is 0 Å². The van der Waals surface area contributed by atoms with Gasteiger partial charge in [0.25, 0.3) is 0 Å². The second kappa shape index (κ2) is 9.62. The van der Waals surface area contributed by atoms with E-state index in [0.29, 0.717) is 6.42 Å². The first-order valence-corrected chi connectivity index (χ1v) is 10.8. The summed E-state index contributed by atoms with van der Waals surface area (Å²) >= 11 is 0. The molecule has 0 N–H and O–H groups in total. The van der Waals surface area contributed by atoms with E-state index in [0.717, 1.165) is 43.2 Å². The van der Waals surface area contributed by atoms with Gasteiger partial charge in [-0.3, -0.25) is 14.4 Å². The van der Waals surface area contributed by atoms with E-state index in [1.165, 1.54) is 23.6 Å². The van der Waals surface area contributed by atoms with Crippen LogP contribution in [0.4, 0.5) is 0 Å². The molecular weight excluding hydrogens is 348 g/mol. The summed E-state index contributed by atoms with van der Waals surface area (Å²) in [5, 5.41) is 0. The Bertz CT molecular complexity index is 760. The molecule has 3 nitrogen and oxygen atoms in total. The molecule has 2 rings (SSSR count). The molecule has 0 spiro atoms. The third-order valence-corrected chi connectivity index (χ3v) is 6.56. The summed E-state index contributed by atoms with van der Waals surface area (Å²) in [5.74, 6) is 0.764. The van der Waals surface area contributed by atoms with Crippen LogP contribution in [0.5, 0.6) is 0 Å². The Labute approximate surface area is 170 Å². The highest BCUT2D eigenvalue weighted by Crippen LogP contribution is 2.38. The number of carbonyl (C=O) groups is 3. The zero-order valence-corrected chi connectivity index (χ0v) is 18.5. The second-order valence-corrected chi connectivity index (χ2v) is 8.83. The van der Waals surface area contributed by atoms with Gasteiger partial charge >= 0.3 is 0 Å². The fourth-order valence-corrected chi connectivity index (χ4v) is 5.16. The molecule has 1 aliphatic rings. The largest absolute Gasteiger partial charge is 0.300 e. The first-order valence-electron chi connectivity index (χ1n) is 10.8. The van der Waals surface area contributed by atoms with Gasteiger partial charge in [0.15, 0.2) is 5.78 Å². The average Bonchev–Trinajstić information content (AvgIpc) is 2.59. The van der Waals surface area contributed by atoms with Crippen LogP contribution in [0.2, 0.25) is 0 Å². The predicted octanol–water partition coefficient (Wildman–Crippen LogP) is 5.74. The highest BCUT2D eigenvalue weighted by molar-refractivity contribution is 6.01. The molecule has 0 saturated heterocycles. The Morgan fingerprint density at radius 2 is 1.79 bits per heavy atom. The van der Waals surface area contributed by atoms with E-state index >= 15 is 0 Å². The van der Waals surface area contributed by atoms with Crippen molar-refractivity contribution < 1.29 is 14.4 Å². The Balaban J connectivity index is 2.25. The summed E-state index contributed by atoms with van der Waals surface area (Å²) in [7, 11) is 0. The number of Topliss-reactive ketones (excluding diaryl/α,β-unsaturated/α-hetero) is 3. The van der Waals surface area contributed by atoms with Crippen molar-refractivity contribution in [2.75, 3.05) is 0 Å². The Morgan fingerprint density at radius 3 is 2.36 bits per heavy atom. The number of aryl methyl sites for hydroxylation is 2. The van der Waals surface area contributed by atoms with Crippen molar-refractivity contribution >= 4 is 17.3 Å². The van der Waals surface area contributed by atoms with Crippen LogP contribution in [0.15, 0.2) is 6.07 Å². The van der Waals surface area contributed by atoms with Gasteiger partial charge in [-0.2, -0.15) is 0 Å². The zero-order chi connectivity index (χ0) is 21.0. The Hall–Kier alpha value is -1.77. The van der Waals surface area contributed by atoms with Crippen LogP contribution in [0, 0.1) is 38.5 Å². The molecule has 0 fully saturated rings. The van der Waals surface area contributed by atoms with Gasteiger partial charge in [0, 0.05) is 17.9 Å². The van der Waals surface area contributed by atoms with E-state index in [2.05, 4.69) is 33.8 Å². The molecule has 0 aliphatic heterocycles. The molecule has 3 atom stereocenters. The number of rotatable bonds is 9. The van der Waals surface area contributed by atoms with Crippen molar-refractivity contribution in [1.82, 2.24) is 0 Å². The maximum absolute atomic E-state index is 13.0. The van der Waals surface area contributed by atoms with Gasteiger partial charge in [-0.15, -0.1) is 0 Å². The van der Waals surface area contributed by atoms with E-state index in [1.54, 1.807) is 0 Å². The molecule has 1 aliphatic carbocycles. The molecule has 1 aromatic carbocycles. The Kier molecular flexibility index (Phi) is 7.74. The fraction of sp³-hybridized carbons (Fsp3) is 0.640. The fourth-order valence-electron chi connectivity index (χ4n) is 5.16. The third-order valence-electron chi connectivity index (χ3n) is 6.56. The van der Waals surface area contributed by atoms with Crippen molar-refractivity contribution in [2.24, 2.45) is 17.8 Å². The molecule has 0 amide bonds. The van der Waals surface area contributed by atoms with E-state index in [-0.39, 0.29) is 41.5 Å². The van der Waals surface area contributed by atoms with Crippen molar-refractivity contribution in [3.05, 3.63) is 33.9 Å². The number of hydrogen-bond donors (Lipinski definition) is 0. The molecule has 0 saturated carbocycles. The van der Waals surface area contributed by atoms with Crippen LogP contribution >= 0.6 is 0 Å². The van der Waals surface area contributed by atoms with Gasteiger partial charge in [-0.1, -0.05) is 32.8 Å². The normalized spacial score (nSPS) is 18.5. The van der Waals surface area contributed by atoms with Gasteiger partial charge in [-0.25, -0.2) is 0 Å². The van der Waals surface area contributed by atoms with Crippen molar-refractivity contribution in [3.63, 3.8) is 0 Å². The molecule has 0 heterocycles. The number of carbonyl (C=O) groups excluding carboxylic acids is 3. The highest BCUT2D eigenvalue weighted by Gasteiger charge is 2.33. The average molecular weight is 385 g/mol. The van der Waals surface area contributed by atoms with Gasteiger partial charge in [-0.05, 0) is 81.0 Å². The monoisotopic (exact) mass is 384 g/mol. The van der Waals surface area contributed by atoms with Crippen molar-refractivity contribution in [3.8, 4) is 0 Å². The van der Waals surface area contributed by atoms with Gasteiger partial charge in [0.1, 0.15) is 11.6 Å². The van der Waals surface area contributed by atoms with Gasteiger partial charge in [0.05, 0.1) is 6.42 Å². The smallest absolute Gasteiger partial charge is 0.163 e. The topological polar surface area (TPSA) is 51.2 Å². The van der Waals surface area contributed by atoms with E-state index in [9.17, 15) is 14.4 Å². The van der Waals surface area contributed by atoms with Crippen LogP contribution in [0.25, 0.3) is 0 Å². The molecule has 1 aromatic rings. The summed E-state index contributed by atoms with van der Waals surface area (Å²) in [6, 6.07) is 2.19. The van der Waals surface area contributed by atoms with Gasteiger partial charge in [0.2, 0.25) is 0 Å². The maximum Gasteiger partial charge on any atom is 0.163 e. The van der Waals surface area contributed by atoms with Crippen LogP contribution in [0.3, 0.4) is 0 Å². The lowest BCUT2D eigenvalue weighted by molar-refractivity contribution is -0.129. The third kappa shape index (κ3) is 4.98. The highest BCUT2D eigenvalue weighted by atomic mass is 16.1. The summed E-state index contributed by atoms with van der Waals surface area (Å²) in [6.07, 6.45) is 5.20. The second-order valence-electron chi connectivity index (χ2n) is 8.83. The number of hydrogen-bond acceptors (Lipinski definition) is 3. The molecule has 3 heteroatoms. The van der Waals surface area contributed by atoms with Crippen molar-refractivity contribution in [1.29, 1.82) is 0 Å². The SMILES string of the molecule is CCCC(CC1CC(=O)c2c(C)c(C)cc(C)c2C1)C(CC)C(=O)CC(C)=O. The standard InChI is InChI=1S/C25H36O3/c1-7-9-20(21(8-2)23(27)11-17(5)26)12-19-13-22-16(4)10-15(3)18(6)25(22)24(28)14-19/h10,19-21H,7-9,11-14H2,1-6H3. The molecule has 28 heavy (non-hydrogen) atoms. The predicted molar refractivity (Wildman–Crippen MR) is 114 cm³/mol. The first kappa shape index (κ1) is 22.5. The molecule has 0 bridgehead atoms. The minimum atomic E-state index is -0.0683. The number of fused-ring (bicyclic) bond motifs is 1. The van der Waals surface area contributed by atoms with Crippen molar-refractivity contribution in [2.45, 2.75) is 86.5 Å². The minimum Gasteiger partial charge on any atom is -0.300 e. The lowest BCUT2D eigenvalue weighted by Crippen LogP contribution is -2.30. The molecule has 0 radical (unpaired) electrons. The summed E-state index contributed by atoms with van der Waals surface area (Å²) in [5.41, 5.74) is 5.68. The first-order chi connectivity index (χ1) is 13.2. The maximum atomic E-state index is 13.0. The number of benzene rings is 1. The molecule has 3 unspecified atom stereocenters. The lowest BCUT2D eigenvalue weighted by atomic mass is 9.71. The van der Waals surface area contributed by atoms with E-state index < -0.39 is 0 Å². The van der Waals surface area contributed by atoms with E-state index in [1.807, 2.05) is 6.92 Å². The minimum absolute atomic E-state index is 0.0444. The summed E-state index contributed by atoms with van der Waals surface area (Å²) in [4.78, 5) is 37.1. The molecule has 154 valence electrons. The van der Waals surface area contributed by atoms with Crippen LogP contribution < -0.4 is 0 Å². The lowest BCUT2D eigenvalue weighted by Gasteiger charge is -2.32.